The van der Waals surface area contributed by atoms with Gasteiger partial charge in [-0.2, -0.15) is 0 Å². The van der Waals surface area contributed by atoms with Gasteiger partial charge < -0.3 is 19.8 Å². The van der Waals surface area contributed by atoms with Crippen molar-refractivity contribution >= 4 is 16.9 Å². The molecule has 0 spiro atoms. The van der Waals surface area contributed by atoms with E-state index in [1.165, 1.54) is 18.5 Å². The van der Waals surface area contributed by atoms with Crippen molar-refractivity contribution in [3.8, 4) is 16.9 Å². The first kappa shape index (κ1) is 23.9. The smallest absolute Gasteiger partial charge is 0.146 e. The highest BCUT2D eigenvalue weighted by Gasteiger charge is 2.31. The summed E-state index contributed by atoms with van der Waals surface area (Å²) in [5.41, 5.74) is 11.9. The molecule has 0 amide bonds. The minimum absolute atomic E-state index is 0.403. The second-order valence-corrected chi connectivity index (χ2v) is 10.2. The Kier molecular flexibility index (Phi) is 6.81. The summed E-state index contributed by atoms with van der Waals surface area (Å²) in [4.78, 5) is 11.7. The molecule has 2 aromatic heterocycles. The summed E-state index contributed by atoms with van der Waals surface area (Å²) in [5, 5.41) is 0.940. The van der Waals surface area contributed by atoms with Crippen LogP contribution in [0.25, 0.3) is 22.2 Å². The first-order valence-electron chi connectivity index (χ1n) is 13.4. The molecular formula is C30H35N5O2. The Morgan fingerprint density at radius 3 is 2.49 bits per heavy atom. The van der Waals surface area contributed by atoms with Crippen LogP contribution in [0.5, 0.6) is 5.75 Å². The molecule has 37 heavy (non-hydrogen) atoms. The minimum atomic E-state index is 0.403. The number of benzene rings is 2. The van der Waals surface area contributed by atoms with Crippen LogP contribution in [0.4, 0.5) is 5.82 Å². The number of nitrogens with two attached hydrogens (primary N) is 1. The fourth-order valence-electron chi connectivity index (χ4n) is 6.18. The molecule has 2 aliphatic rings. The van der Waals surface area contributed by atoms with Gasteiger partial charge in [0.25, 0.3) is 0 Å². The first-order valence-corrected chi connectivity index (χ1v) is 13.4. The lowest BCUT2D eigenvalue weighted by Gasteiger charge is -2.39. The predicted octanol–water partition coefficient (Wildman–Crippen LogP) is 5.38. The maximum absolute atomic E-state index is 6.48. The Morgan fingerprint density at radius 1 is 0.946 bits per heavy atom. The lowest BCUT2D eigenvalue weighted by atomic mass is 9.89. The molecule has 2 N–H and O–H groups in total. The molecule has 0 radical (unpaired) electrons. The van der Waals surface area contributed by atoms with Crippen molar-refractivity contribution in [3.05, 3.63) is 72.2 Å². The number of morpholine rings is 1. The zero-order chi connectivity index (χ0) is 25.2. The molecule has 1 saturated carbocycles. The lowest BCUT2D eigenvalue weighted by molar-refractivity contribution is 0.00553. The van der Waals surface area contributed by atoms with E-state index in [-0.39, 0.29) is 0 Å². The second-order valence-electron chi connectivity index (χ2n) is 10.2. The van der Waals surface area contributed by atoms with Gasteiger partial charge in [-0.05, 0) is 55.9 Å². The SMILES string of the molecule is Cc1c(-c2cccc(OCc3ccccc3)c2)c2c(N)ncnc2n1[C@H]1CC[C@H](N2CCOCC2)CC1. The topological polar surface area (TPSA) is 78.4 Å². The first-order chi connectivity index (χ1) is 18.2. The quantitative estimate of drug-likeness (QED) is 0.385. The number of fused-ring (bicyclic) bond motifs is 1. The van der Waals surface area contributed by atoms with Crippen LogP contribution < -0.4 is 10.5 Å². The van der Waals surface area contributed by atoms with Crippen LogP contribution >= 0.6 is 0 Å². The van der Waals surface area contributed by atoms with Crippen LogP contribution in [0, 0.1) is 6.92 Å². The van der Waals surface area contributed by atoms with Crippen molar-refractivity contribution in [1.82, 2.24) is 19.4 Å². The molecule has 4 aromatic rings. The molecule has 0 atom stereocenters. The summed E-state index contributed by atoms with van der Waals surface area (Å²) in [6.45, 7) is 6.55. The summed E-state index contributed by atoms with van der Waals surface area (Å²) in [7, 11) is 0. The number of rotatable bonds is 6. The maximum Gasteiger partial charge on any atom is 0.146 e. The number of anilines is 1. The van der Waals surface area contributed by atoms with E-state index in [1.807, 2.05) is 30.3 Å². The normalized spacial score (nSPS) is 20.8. The van der Waals surface area contributed by atoms with Crippen molar-refractivity contribution in [2.45, 2.75) is 51.3 Å². The van der Waals surface area contributed by atoms with Gasteiger partial charge in [0.15, 0.2) is 0 Å². The zero-order valence-corrected chi connectivity index (χ0v) is 21.5. The fourth-order valence-corrected chi connectivity index (χ4v) is 6.18. The van der Waals surface area contributed by atoms with E-state index in [0.717, 1.165) is 72.6 Å². The van der Waals surface area contributed by atoms with E-state index in [4.69, 9.17) is 20.2 Å². The van der Waals surface area contributed by atoms with E-state index in [0.29, 0.717) is 24.5 Å². The van der Waals surface area contributed by atoms with Crippen molar-refractivity contribution in [3.63, 3.8) is 0 Å². The number of hydrogen-bond donors (Lipinski definition) is 1. The zero-order valence-electron chi connectivity index (χ0n) is 21.5. The van der Waals surface area contributed by atoms with Crippen LogP contribution in [-0.2, 0) is 11.3 Å². The molecule has 7 nitrogen and oxygen atoms in total. The monoisotopic (exact) mass is 497 g/mol. The number of aromatic nitrogens is 3. The van der Waals surface area contributed by atoms with Crippen molar-refractivity contribution in [2.75, 3.05) is 32.0 Å². The summed E-state index contributed by atoms with van der Waals surface area (Å²) >= 11 is 0. The highest BCUT2D eigenvalue weighted by Crippen LogP contribution is 2.42. The molecule has 7 heteroatoms. The van der Waals surface area contributed by atoms with Gasteiger partial charge in [0.1, 0.15) is 30.1 Å². The fraction of sp³-hybridized carbons (Fsp3) is 0.400. The molecule has 2 aromatic carbocycles. The van der Waals surface area contributed by atoms with Gasteiger partial charge in [-0.3, -0.25) is 4.90 Å². The van der Waals surface area contributed by atoms with E-state index in [1.54, 1.807) is 6.33 Å². The van der Waals surface area contributed by atoms with Gasteiger partial charge in [0.2, 0.25) is 0 Å². The Morgan fingerprint density at radius 2 is 1.70 bits per heavy atom. The van der Waals surface area contributed by atoms with Gasteiger partial charge in [0.05, 0.1) is 18.6 Å². The molecule has 0 bridgehead atoms. The highest BCUT2D eigenvalue weighted by atomic mass is 16.5. The number of ether oxygens (including phenoxy) is 2. The van der Waals surface area contributed by atoms with Crippen LogP contribution in [0.2, 0.25) is 0 Å². The summed E-state index contributed by atoms with van der Waals surface area (Å²) in [5.74, 6) is 1.36. The van der Waals surface area contributed by atoms with E-state index < -0.39 is 0 Å². The Labute approximate surface area is 218 Å². The van der Waals surface area contributed by atoms with Crippen LogP contribution in [0.3, 0.4) is 0 Å². The molecule has 6 rings (SSSR count). The summed E-state index contributed by atoms with van der Waals surface area (Å²) in [6, 6.07) is 19.6. The van der Waals surface area contributed by atoms with Crippen molar-refractivity contribution < 1.29 is 9.47 Å². The molecule has 0 unspecified atom stereocenters. The number of nitrogen functional groups attached to an aromatic ring is 1. The van der Waals surface area contributed by atoms with Gasteiger partial charge in [-0.15, -0.1) is 0 Å². The Hall–Kier alpha value is -3.42. The van der Waals surface area contributed by atoms with Crippen LogP contribution in [-0.4, -0.2) is 51.8 Å². The van der Waals surface area contributed by atoms with Crippen LogP contribution in [0.15, 0.2) is 60.9 Å². The maximum atomic E-state index is 6.48. The third-order valence-corrected chi connectivity index (χ3v) is 8.02. The van der Waals surface area contributed by atoms with Gasteiger partial charge in [-0.25, -0.2) is 9.97 Å². The molecule has 1 aliphatic heterocycles. The van der Waals surface area contributed by atoms with Gasteiger partial charge in [0, 0.05) is 36.4 Å². The van der Waals surface area contributed by atoms with Crippen molar-refractivity contribution in [1.29, 1.82) is 0 Å². The number of nitrogens with zero attached hydrogens (tertiary/aromatic N) is 4. The second kappa shape index (κ2) is 10.5. The molecule has 3 heterocycles. The summed E-state index contributed by atoms with van der Waals surface area (Å²) < 4.78 is 14.1. The Balaban J connectivity index is 1.30. The molecular weight excluding hydrogens is 462 g/mol. The summed E-state index contributed by atoms with van der Waals surface area (Å²) in [6.07, 6.45) is 6.26. The third kappa shape index (κ3) is 4.81. The Bertz CT molecular complexity index is 1360. The average molecular weight is 498 g/mol. The predicted molar refractivity (Wildman–Crippen MR) is 147 cm³/mol. The number of hydrogen-bond acceptors (Lipinski definition) is 6. The van der Waals surface area contributed by atoms with E-state index >= 15 is 0 Å². The standard InChI is InChI=1S/C30H35N5O2/c1-21-27(23-8-5-9-26(18-23)37-19-22-6-3-2-4-7-22)28-29(31)32-20-33-30(28)35(21)25-12-10-24(11-13-25)34-14-16-36-17-15-34/h2-9,18,20,24-25H,10-17,19H2,1H3,(H2,31,32,33)/t24-,25-. The van der Waals surface area contributed by atoms with Crippen LogP contribution in [0.1, 0.15) is 43.0 Å². The third-order valence-electron chi connectivity index (χ3n) is 8.02. The lowest BCUT2D eigenvalue weighted by Crippen LogP contribution is -2.45. The van der Waals surface area contributed by atoms with Crippen molar-refractivity contribution in [2.24, 2.45) is 0 Å². The molecule has 192 valence electrons. The largest absolute Gasteiger partial charge is 0.489 e. The molecule has 2 fully saturated rings. The van der Waals surface area contributed by atoms with Gasteiger partial charge in [-0.1, -0.05) is 42.5 Å². The average Bonchev–Trinajstić information content (AvgIpc) is 3.26. The molecule has 1 aliphatic carbocycles. The van der Waals surface area contributed by atoms with E-state index in [2.05, 4.69) is 45.6 Å². The minimum Gasteiger partial charge on any atom is -0.489 e. The van der Waals surface area contributed by atoms with Gasteiger partial charge >= 0.3 is 0 Å². The highest BCUT2D eigenvalue weighted by molar-refractivity contribution is 6.02. The molecule has 1 saturated heterocycles. The van der Waals surface area contributed by atoms with E-state index in [9.17, 15) is 0 Å².